The number of esters is 1. The van der Waals surface area contributed by atoms with Gasteiger partial charge in [0.2, 0.25) is 0 Å². The van der Waals surface area contributed by atoms with E-state index >= 15 is 0 Å². The molecule has 0 bridgehead atoms. The van der Waals surface area contributed by atoms with Crippen LogP contribution in [-0.2, 0) is 9.53 Å². The Kier molecular flexibility index (Phi) is 27.3. The lowest BCUT2D eigenvalue weighted by Gasteiger charge is -2.11. The quantitative estimate of drug-likeness (QED) is 0.377. The number of methoxy groups -OCH3 is 1. The van der Waals surface area contributed by atoms with Crippen molar-refractivity contribution in [1.82, 2.24) is 0 Å². The third-order valence-electron chi connectivity index (χ3n) is 4.30. The minimum absolute atomic E-state index is 0.0115. The number of aliphatic imine (C=N–C) groups is 1. The number of benzene rings is 1. The Hall–Kier alpha value is -2.01. The lowest BCUT2D eigenvalue weighted by molar-refractivity contribution is -0.141. The molecule has 0 fully saturated rings. The van der Waals surface area contributed by atoms with Crippen LogP contribution in [0.5, 0.6) is 0 Å². The molecule has 0 saturated carbocycles. The van der Waals surface area contributed by atoms with Crippen LogP contribution >= 0.6 is 0 Å². The predicted octanol–water partition coefficient (Wildman–Crippen LogP) is 6.90. The molecule has 1 aliphatic rings. The maximum absolute atomic E-state index is 11.1. The molecule has 2 rings (SSSR count). The number of rotatable bonds is 6. The molecule has 1 unspecified atom stereocenters. The van der Waals surface area contributed by atoms with Gasteiger partial charge in [-0.2, -0.15) is 0 Å². The molecule has 1 atom stereocenters. The summed E-state index contributed by atoms with van der Waals surface area (Å²) in [7, 11) is 1.34. The summed E-state index contributed by atoms with van der Waals surface area (Å²) in [6, 6.07) is 7.77. The van der Waals surface area contributed by atoms with Crippen LogP contribution < -0.4 is 0 Å². The van der Waals surface area contributed by atoms with Gasteiger partial charge < -0.3 is 9.84 Å². The van der Waals surface area contributed by atoms with Crippen molar-refractivity contribution in [1.29, 1.82) is 0 Å². The van der Waals surface area contributed by atoms with Crippen molar-refractivity contribution in [3.05, 3.63) is 35.4 Å². The van der Waals surface area contributed by atoms with Crippen molar-refractivity contribution in [2.75, 3.05) is 20.3 Å². The van der Waals surface area contributed by atoms with E-state index in [1.807, 2.05) is 52.0 Å². The zero-order chi connectivity index (χ0) is 25.4. The minimum atomic E-state index is -0.267. The Morgan fingerprint density at radius 3 is 1.91 bits per heavy atom. The molecule has 0 radical (unpaired) electrons. The first kappa shape index (κ1) is 34.6. The fraction of sp³-hybridized carbons (Fsp3) is 0.667. The van der Waals surface area contributed by atoms with Crippen LogP contribution in [0.15, 0.2) is 29.3 Å². The first-order valence-corrected chi connectivity index (χ1v) is 12.2. The van der Waals surface area contributed by atoms with Crippen LogP contribution in [0.4, 0.5) is 0 Å². The number of aliphatic hydroxyl groups is 1. The van der Waals surface area contributed by atoms with Crippen LogP contribution in [0.25, 0.3) is 0 Å². The average Bonchev–Trinajstić information content (AvgIpc) is 2.87. The number of aliphatic hydroxyl groups excluding tert-OH is 1. The van der Waals surface area contributed by atoms with Crippen molar-refractivity contribution in [3.8, 4) is 0 Å². The van der Waals surface area contributed by atoms with E-state index in [1.165, 1.54) is 44.1 Å². The third-order valence-corrected chi connectivity index (χ3v) is 4.30. The van der Waals surface area contributed by atoms with Gasteiger partial charge in [-0.25, -0.2) is 0 Å². The number of nitrogens with zero attached hydrogens (tertiary/aromatic N) is 1. The molecule has 5 nitrogen and oxygen atoms in total. The fourth-order valence-corrected chi connectivity index (χ4v) is 2.26. The van der Waals surface area contributed by atoms with E-state index in [9.17, 15) is 9.59 Å². The molecule has 32 heavy (non-hydrogen) atoms. The Bertz CT molecular complexity index is 592. The van der Waals surface area contributed by atoms with E-state index in [1.54, 1.807) is 13.8 Å². The number of Topliss-reactive ketones (excluding diaryl/α,β-unsaturated/α-hetero) is 1. The summed E-state index contributed by atoms with van der Waals surface area (Å²) in [5, 5.41) is 8.47. The number of unbranched alkanes of at least 4 members (excludes halogenated alkanes) is 1. The molecule has 0 saturated heterocycles. The van der Waals surface area contributed by atoms with Gasteiger partial charge in [-0.1, -0.05) is 85.6 Å². The van der Waals surface area contributed by atoms with E-state index in [0.29, 0.717) is 6.42 Å². The molecule has 1 aliphatic heterocycles. The highest BCUT2D eigenvalue weighted by Crippen LogP contribution is 2.14. The van der Waals surface area contributed by atoms with E-state index in [2.05, 4.69) is 23.6 Å². The van der Waals surface area contributed by atoms with Crippen LogP contribution in [0.3, 0.4) is 0 Å². The summed E-state index contributed by atoms with van der Waals surface area (Å²) in [5.41, 5.74) is 3.13. The third kappa shape index (κ3) is 18.7. The fourth-order valence-electron chi connectivity index (χ4n) is 2.26. The topological polar surface area (TPSA) is 76.0 Å². The Morgan fingerprint density at radius 2 is 1.56 bits per heavy atom. The monoisotopic (exact) mass is 451 g/mol. The van der Waals surface area contributed by atoms with Crippen molar-refractivity contribution in [2.24, 2.45) is 10.9 Å². The van der Waals surface area contributed by atoms with Crippen LogP contribution in [0, 0.1) is 5.92 Å². The summed E-state index contributed by atoms with van der Waals surface area (Å²) in [5.74, 6) is -0.138. The van der Waals surface area contributed by atoms with Gasteiger partial charge in [0.05, 0.1) is 13.5 Å². The number of hydrogen-bond donors (Lipinski definition) is 1. The highest BCUT2D eigenvalue weighted by Gasteiger charge is 2.08. The van der Waals surface area contributed by atoms with E-state index in [0.717, 1.165) is 18.5 Å². The van der Waals surface area contributed by atoms with Crippen molar-refractivity contribution in [3.63, 3.8) is 0 Å². The number of hydrogen-bond acceptors (Lipinski definition) is 5. The number of carbonyl (C=O) groups excluding carboxylic acids is 2. The molecule has 1 heterocycles. The first-order chi connectivity index (χ1) is 15.4. The first-order valence-electron chi connectivity index (χ1n) is 12.2. The molecule has 0 aliphatic carbocycles. The maximum atomic E-state index is 11.1. The van der Waals surface area contributed by atoms with Gasteiger partial charge in [-0.3, -0.25) is 14.6 Å². The van der Waals surface area contributed by atoms with E-state index in [4.69, 9.17) is 5.11 Å². The molecule has 1 N–H and O–H groups in total. The molecular formula is C27H49NO4. The van der Waals surface area contributed by atoms with Gasteiger partial charge in [0.1, 0.15) is 0 Å². The number of ketones is 1. The largest absolute Gasteiger partial charge is 0.469 e. The Balaban J connectivity index is -0.000000424. The van der Waals surface area contributed by atoms with Gasteiger partial charge >= 0.3 is 5.97 Å². The van der Waals surface area contributed by atoms with E-state index < -0.39 is 0 Å². The van der Waals surface area contributed by atoms with E-state index in [-0.39, 0.29) is 24.3 Å². The van der Waals surface area contributed by atoms with Crippen molar-refractivity contribution >= 4 is 17.5 Å². The molecule has 0 spiro atoms. The molecule has 0 amide bonds. The Labute approximate surface area is 197 Å². The van der Waals surface area contributed by atoms with Gasteiger partial charge in [-0.15, -0.1) is 0 Å². The normalized spacial score (nSPS) is 12.4. The molecule has 0 aromatic heterocycles. The predicted molar refractivity (Wildman–Crippen MR) is 138 cm³/mol. The summed E-state index contributed by atoms with van der Waals surface area (Å²) < 4.78 is 4.37. The number of ether oxygens (including phenoxy) is 1. The molecule has 1 aromatic rings. The molecular weight excluding hydrogens is 402 g/mol. The van der Waals surface area contributed by atoms with Gasteiger partial charge in [0, 0.05) is 24.4 Å². The highest BCUT2D eigenvalue weighted by atomic mass is 16.5. The van der Waals surface area contributed by atoms with Crippen molar-refractivity contribution < 1.29 is 19.4 Å². The van der Waals surface area contributed by atoms with Crippen LogP contribution in [0.2, 0.25) is 0 Å². The Morgan fingerprint density at radius 1 is 1.03 bits per heavy atom. The van der Waals surface area contributed by atoms with Gasteiger partial charge in [-0.05, 0) is 37.7 Å². The zero-order valence-electron chi connectivity index (χ0n) is 22.2. The SMILES string of the molecule is CC.CC.CC(=O)c1ccc(C2=NCCCC2)cc1.CCCC.COC(=O)CC(C)CO. The van der Waals surface area contributed by atoms with Crippen LogP contribution in [0.1, 0.15) is 110 Å². The van der Waals surface area contributed by atoms with Gasteiger partial charge in [0.15, 0.2) is 5.78 Å². The van der Waals surface area contributed by atoms with Crippen molar-refractivity contribution in [2.45, 2.75) is 93.9 Å². The van der Waals surface area contributed by atoms with Gasteiger partial charge in [0.25, 0.3) is 0 Å². The second-order valence-electron chi connectivity index (χ2n) is 6.99. The molecule has 186 valence electrons. The summed E-state index contributed by atoms with van der Waals surface area (Å²) in [6.07, 6.45) is 6.44. The standard InChI is InChI=1S/C13H15NO.C6H12O3.C4H10.2C2H6/c1-10(15)11-5-7-12(8-6-11)13-4-2-3-9-14-13;1-5(4-7)3-6(8)9-2;1-3-4-2;2*1-2/h5-8H,2-4,9H2,1H3;5,7H,3-4H2,1-2H3;3-4H2,1-2H3;2*1-2H3. The smallest absolute Gasteiger partial charge is 0.305 e. The lowest BCUT2D eigenvalue weighted by atomic mass is 10.00. The minimum Gasteiger partial charge on any atom is -0.469 e. The summed E-state index contributed by atoms with van der Waals surface area (Å²) in [6.45, 7) is 16.7. The molecule has 1 aromatic carbocycles. The summed E-state index contributed by atoms with van der Waals surface area (Å²) >= 11 is 0. The highest BCUT2D eigenvalue weighted by molar-refractivity contribution is 6.02. The average molecular weight is 452 g/mol. The summed E-state index contributed by atoms with van der Waals surface area (Å²) in [4.78, 5) is 26.1. The second-order valence-corrected chi connectivity index (χ2v) is 6.99. The maximum Gasteiger partial charge on any atom is 0.305 e. The number of carbonyl (C=O) groups is 2. The second kappa shape index (κ2) is 25.3. The lowest BCUT2D eigenvalue weighted by Crippen LogP contribution is -2.09. The van der Waals surface area contributed by atoms with Crippen LogP contribution in [-0.4, -0.2) is 42.8 Å². The molecule has 5 heteroatoms. The zero-order valence-corrected chi connectivity index (χ0v) is 22.2.